The third-order valence-corrected chi connectivity index (χ3v) is 8.08. The number of ether oxygens (including phenoxy) is 1. The van der Waals surface area contributed by atoms with E-state index in [0.29, 0.717) is 34.7 Å². The summed E-state index contributed by atoms with van der Waals surface area (Å²) in [6.45, 7) is 1.94. The van der Waals surface area contributed by atoms with E-state index in [2.05, 4.69) is 31.9 Å². The maximum atomic E-state index is 13.5. The lowest BCUT2D eigenvalue weighted by Gasteiger charge is -2.16. The van der Waals surface area contributed by atoms with Crippen LogP contribution in [0, 0.1) is 0 Å². The van der Waals surface area contributed by atoms with Crippen LogP contribution < -0.4 is 20.7 Å². The molecule has 0 heterocycles. The van der Waals surface area contributed by atoms with Crippen LogP contribution in [0.25, 0.3) is 6.08 Å². The van der Waals surface area contributed by atoms with Gasteiger partial charge in [-0.05, 0) is 79.2 Å². The van der Waals surface area contributed by atoms with E-state index in [9.17, 15) is 19.5 Å². The van der Waals surface area contributed by atoms with Crippen molar-refractivity contribution in [3.05, 3.63) is 118 Å². The van der Waals surface area contributed by atoms with E-state index in [1.165, 1.54) is 37.1 Å². The molecule has 8 nitrogen and oxygen atoms in total. The van der Waals surface area contributed by atoms with Gasteiger partial charge in [-0.1, -0.05) is 47.1 Å². The minimum absolute atomic E-state index is 0.00135. The second-order valence-electron chi connectivity index (χ2n) is 9.30. The van der Waals surface area contributed by atoms with Crippen molar-refractivity contribution in [1.82, 2.24) is 5.32 Å². The predicted molar refractivity (Wildman–Crippen MR) is 174 cm³/mol. The smallest absolute Gasteiger partial charge is 0.272 e. The molecule has 0 saturated heterocycles. The van der Waals surface area contributed by atoms with Crippen molar-refractivity contribution in [1.29, 1.82) is 0 Å². The van der Waals surface area contributed by atoms with Gasteiger partial charge in [0.05, 0.1) is 12.4 Å². The van der Waals surface area contributed by atoms with Crippen molar-refractivity contribution in [3.63, 3.8) is 0 Å². The summed E-state index contributed by atoms with van der Waals surface area (Å²) in [6.07, 6.45) is 2.07. The number of phenolic OH excluding ortho intramolecular Hbond substituents is 1. The van der Waals surface area contributed by atoms with Gasteiger partial charge in [0, 0.05) is 37.9 Å². The molecule has 0 fully saturated rings. The Balaban J connectivity index is 1.53. The summed E-state index contributed by atoms with van der Waals surface area (Å²) in [6, 6.07) is 27.5. The summed E-state index contributed by atoms with van der Waals surface area (Å²) in [7, 11) is 1.44. The number of carbonyl (C=O) groups excluding carboxylic acids is 3. The zero-order chi connectivity index (χ0) is 30.8. The summed E-state index contributed by atoms with van der Waals surface area (Å²) >= 11 is 4.78. The standard InChI is InChI=1S/C33H30BrN3O5S/c1-3-30(33(41)35-24-15-13-23(34)14-16-24)43-27-11-7-10-25(19-27)36-32(40)28(37-31(39)21-8-5-4-6-9-21)18-22-12-17-26(38)20-29(22)42-2/h4-20,30,38H,3H2,1-2H3,(H,35,41)(H,36,40)(H,37,39)/b28-18+. The third kappa shape index (κ3) is 8.97. The van der Waals surface area contributed by atoms with E-state index in [-0.39, 0.29) is 22.6 Å². The Kier molecular flexibility index (Phi) is 11.0. The summed E-state index contributed by atoms with van der Waals surface area (Å²) in [5.41, 5.74) is 2.01. The number of hydrogen-bond donors (Lipinski definition) is 4. The van der Waals surface area contributed by atoms with Crippen LogP contribution in [0.2, 0.25) is 0 Å². The van der Waals surface area contributed by atoms with Gasteiger partial charge in [0.2, 0.25) is 5.91 Å². The van der Waals surface area contributed by atoms with Crippen molar-refractivity contribution in [2.24, 2.45) is 0 Å². The molecule has 0 aromatic heterocycles. The fraction of sp³-hybridized carbons (Fsp3) is 0.121. The molecule has 0 saturated carbocycles. The van der Waals surface area contributed by atoms with Gasteiger partial charge in [0.15, 0.2) is 0 Å². The molecular weight excluding hydrogens is 630 g/mol. The molecule has 0 aliphatic rings. The third-order valence-electron chi connectivity index (χ3n) is 6.19. The Labute approximate surface area is 262 Å². The van der Waals surface area contributed by atoms with Gasteiger partial charge in [-0.25, -0.2) is 0 Å². The van der Waals surface area contributed by atoms with E-state index in [1.54, 1.807) is 54.6 Å². The highest BCUT2D eigenvalue weighted by Crippen LogP contribution is 2.30. The van der Waals surface area contributed by atoms with Crippen LogP contribution in [-0.4, -0.2) is 35.2 Å². The number of thioether (sulfide) groups is 1. The minimum atomic E-state index is -0.568. The molecule has 4 aromatic carbocycles. The second-order valence-corrected chi connectivity index (χ2v) is 11.5. The minimum Gasteiger partial charge on any atom is -0.508 e. The van der Waals surface area contributed by atoms with Gasteiger partial charge >= 0.3 is 0 Å². The number of anilines is 2. The van der Waals surface area contributed by atoms with Crippen molar-refractivity contribution >= 4 is 62.9 Å². The largest absolute Gasteiger partial charge is 0.508 e. The number of phenols is 1. The predicted octanol–water partition coefficient (Wildman–Crippen LogP) is 7.08. The Morgan fingerprint density at radius 3 is 2.35 bits per heavy atom. The lowest BCUT2D eigenvalue weighted by molar-refractivity contribution is -0.116. The molecule has 0 bridgehead atoms. The Morgan fingerprint density at radius 2 is 1.65 bits per heavy atom. The van der Waals surface area contributed by atoms with Gasteiger partial charge in [-0.2, -0.15) is 0 Å². The first-order chi connectivity index (χ1) is 20.7. The van der Waals surface area contributed by atoms with Crippen LogP contribution in [0.15, 0.2) is 112 Å². The van der Waals surface area contributed by atoms with Crippen LogP contribution in [0.5, 0.6) is 11.5 Å². The highest BCUT2D eigenvalue weighted by molar-refractivity contribution is 9.10. The molecule has 1 unspecified atom stereocenters. The first-order valence-electron chi connectivity index (χ1n) is 13.3. The molecule has 1 atom stereocenters. The number of rotatable bonds is 11. The van der Waals surface area contributed by atoms with Crippen LogP contribution in [0.4, 0.5) is 11.4 Å². The SMILES string of the molecule is CCC(Sc1cccc(NC(=O)/C(=C\c2ccc(O)cc2OC)NC(=O)c2ccccc2)c1)C(=O)Nc1ccc(Br)cc1. The van der Waals surface area contributed by atoms with E-state index in [0.717, 1.165) is 9.37 Å². The Morgan fingerprint density at radius 1 is 0.907 bits per heavy atom. The number of amides is 3. The maximum absolute atomic E-state index is 13.5. The summed E-state index contributed by atoms with van der Waals surface area (Å²) in [5, 5.41) is 18.0. The number of halogens is 1. The van der Waals surface area contributed by atoms with Crippen LogP contribution in [-0.2, 0) is 9.59 Å². The lowest BCUT2D eigenvalue weighted by Crippen LogP contribution is -2.30. The molecule has 3 amide bonds. The second kappa shape index (κ2) is 15.1. The average molecular weight is 661 g/mol. The average Bonchev–Trinajstić information content (AvgIpc) is 3.01. The monoisotopic (exact) mass is 659 g/mol. The van der Waals surface area contributed by atoms with Crippen LogP contribution >= 0.6 is 27.7 Å². The molecule has 220 valence electrons. The lowest BCUT2D eigenvalue weighted by atomic mass is 10.1. The summed E-state index contributed by atoms with van der Waals surface area (Å²) in [5.74, 6) is -0.836. The maximum Gasteiger partial charge on any atom is 0.272 e. The quantitative estimate of drug-likeness (QED) is 0.101. The van der Waals surface area contributed by atoms with Crippen molar-refractivity contribution in [2.75, 3.05) is 17.7 Å². The van der Waals surface area contributed by atoms with Gasteiger partial charge in [0.25, 0.3) is 11.8 Å². The number of aromatic hydroxyl groups is 1. The zero-order valence-corrected chi connectivity index (χ0v) is 25.9. The van der Waals surface area contributed by atoms with Gasteiger partial charge in [-0.3, -0.25) is 14.4 Å². The van der Waals surface area contributed by atoms with E-state index >= 15 is 0 Å². The molecule has 4 aromatic rings. The highest BCUT2D eigenvalue weighted by atomic mass is 79.9. The molecule has 10 heteroatoms. The van der Waals surface area contributed by atoms with Gasteiger partial charge in [0.1, 0.15) is 17.2 Å². The fourth-order valence-corrected chi connectivity index (χ4v) is 5.28. The number of carbonyl (C=O) groups is 3. The first-order valence-corrected chi connectivity index (χ1v) is 15.0. The number of hydrogen-bond acceptors (Lipinski definition) is 6. The molecule has 0 aliphatic carbocycles. The zero-order valence-electron chi connectivity index (χ0n) is 23.5. The molecule has 43 heavy (non-hydrogen) atoms. The van der Waals surface area contributed by atoms with Crippen molar-refractivity contribution in [3.8, 4) is 11.5 Å². The van der Waals surface area contributed by atoms with Gasteiger partial charge < -0.3 is 25.8 Å². The van der Waals surface area contributed by atoms with Crippen molar-refractivity contribution in [2.45, 2.75) is 23.5 Å². The highest BCUT2D eigenvalue weighted by Gasteiger charge is 2.20. The molecule has 0 spiro atoms. The van der Waals surface area contributed by atoms with E-state index in [4.69, 9.17) is 4.74 Å². The molecule has 0 aliphatic heterocycles. The van der Waals surface area contributed by atoms with Gasteiger partial charge in [-0.15, -0.1) is 11.8 Å². The fourth-order valence-electron chi connectivity index (χ4n) is 4.01. The van der Waals surface area contributed by atoms with Crippen molar-refractivity contribution < 1.29 is 24.2 Å². The number of benzene rings is 4. The molecular formula is C33H30BrN3O5S. The normalized spacial score (nSPS) is 11.7. The van der Waals surface area contributed by atoms with E-state index in [1.807, 2.05) is 37.3 Å². The number of nitrogens with one attached hydrogen (secondary N) is 3. The summed E-state index contributed by atoms with van der Waals surface area (Å²) < 4.78 is 6.28. The Bertz CT molecular complexity index is 1630. The topological polar surface area (TPSA) is 117 Å². The number of methoxy groups -OCH3 is 1. The first kappa shape index (κ1) is 31.4. The van der Waals surface area contributed by atoms with Crippen LogP contribution in [0.1, 0.15) is 29.3 Å². The molecule has 0 radical (unpaired) electrons. The molecule has 4 N–H and O–H groups in total. The Hall–Kier alpha value is -4.54. The summed E-state index contributed by atoms with van der Waals surface area (Å²) in [4.78, 5) is 40.3. The van der Waals surface area contributed by atoms with E-state index < -0.39 is 11.8 Å². The van der Waals surface area contributed by atoms with Crippen LogP contribution in [0.3, 0.4) is 0 Å². The molecule has 4 rings (SSSR count).